The van der Waals surface area contributed by atoms with Crippen molar-refractivity contribution in [3.63, 3.8) is 0 Å². The van der Waals surface area contributed by atoms with Crippen LogP contribution in [-0.4, -0.2) is 162 Å². The predicted octanol–water partition coefficient (Wildman–Crippen LogP) is 0.324. The lowest BCUT2D eigenvalue weighted by Gasteiger charge is -2.18. The van der Waals surface area contributed by atoms with Crippen LogP contribution >= 0.6 is 11.8 Å². The van der Waals surface area contributed by atoms with Gasteiger partial charge in [-0.3, -0.25) is 34.1 Å². The molecule has 2 saturated heterocycles. The van der Waals surface area contributed by atoms with Crippen molar-refractivity contribution in [2.75, 3.05) is 98.5 Å². The van der Waals surface area contributed by atoms with Crippen LogP contribution in [0.3, 0.4) is 0 Å². The minimum atomic E-state index is -0.790. The van der Waals surface area contributed by atoms with Crippen molar-refractivity contribution in [3.8, 4) is 11.5 Å². The van der Waals surface area contributed by atoms with Gasteiger partial charge in [0.2, 0.25) is 29.5 Å². The number of carbonyl (C=O) groups is 6. The van der Waals surface area contributed by atoms with Crippen LogP contribution in [0, 0.1) is 10.1 Å². The molecular weight excluding hydrogens is 887 g/mol. The number of nitro benzene ring substituents is 1. The Hall–Kier alpha value is -5.01. The van der Waals surface area contributed by atoms with Gasteiger partial charge in [0, 0.05) is 37.1 Å². The molecule has 3 rings (SSSR count). The van der Waals surface area contributed by atoms with Gasteiger partial charge < -0.3 is 71.4 Å². The molecule has 1 aromatic rings. The molecule has 3 unspecified atom stereocenters. The number of thioether (sulfide) groups is 1. The molecule has 2 heterocycles. The number of nitrogens with zero attached hydrogens (tertiary/aromatic N) is 1. The van der Waals surface area contributed by atoms with Gasteiger partial charge in [-0.15, -0.1) is 0 Å². The molecule has 24 heteroatoms. The highest BCUT2D eigenvalue weighted by Gasteiger charge is 2.42. The second-order valence-electron chi connectivity index (χ2n) is 15.5. The first-order valence-corrected chi connectivity index (χ1v) is 23.5. The van der Waals surface area contributed by atoms with Crippen LogP contribution in [0.2, 0.25) is 0 Å². The fourth-order valence-corrected chi connectivity index (χ4v) is 8.50. The highest BCUT2D eigenvalue weighted by molar-refractivity contribution is 8.00. The Morgan fingerprint density at radius 1 is 0.818 bits per heavy atom. The van der Waals surface area contributed by atoms with E-state index < -0.39 is 28.8 Å². The molecule has 2 fully saturated rings. The molecule has 0 bridgehead atoms. The molecule has 372 valence electrons. The molecule has 23 nitrogen and oxygen atoms in total. The quantitative estimate of drug-likeness (QED) is 0.0194. The van der Waals surface area contributed by atoms with E-state index in [0.29, 0.717) is 56.3 Å². The monoisotopic (exact) mass is 955 g/mol. The zero-order valence-corrected chi connectivity index (χ0v) is 39.1. The fourth-order valence-electron chi connectivity index (χ4n) is 6.95. The standard InChI is InChI=1S/C42H69N9O14S/c1-4-15-65-34-23-32(51(58)59)29(22-33(34)60-3)28(2)47-39(55)26-64-21-19-61-16-13-45-38(54)25-63-20-18-62-17-14-46-41(56)30(48-37(53)24-43)9-7-8-12-44-36(52)11-6-5-10-35-40-31(27-66-35)49-42(57)50-40/h22-23,28,30-31,35,40H,4-21,24-27,43H2,1-3H3,(H,44,52)(H,45,54)(H,46,56)(H,47,55)(H,48,53)(H2,49,50,57)/t28?,30-,31?,35+,40?/m0/s1. The lowest BCUT2D eigenvalue weighted by atomic mass is 10.0. The molecule has 66 heavy (non-hydrogen) atoms. The molecule has 7 amide bonds. The van der Waals surface area contributed by atoms with E-state index in [1.165, 1.54) is 19.2 Å². The summed E-state index contributed by atoms with van der Waals surface area (Å²) >= 11 is 1.86. The van der Waals surface area contributed by atoms with E-state index in [4.69, 9.17) is 34.2 Å². The Kier molecular flexibility index (Phi) is 26.7. The van der Waals surface area contributed by atoms with Crippen molar-refractivity contribution in [2.45, 2.75) is 94.6 Å². The Bertz CT molecular complexity index is 1710. The Morgan fingerprint density at radius 2 is 1.50 bits per heavy atom. The van der Waals surface area contributed by atoms with E-state index in [0.717, 1.165) is 25.0 Å². The Labute approximate surface area is 389 Å². The molecule has 0 radical (unpaired) electrons. The first-order valence-electron chi connectivity index (χ1n) is 22.4. The smallest absolute Gasteiger partial charge is 0.315 e. The van der Waals surface area contributed by atoms with Crippen LogP contribution in [0.4, 0.5) is 10.5 Å². The Morgan fingerprint density at radius 3 is 2.18 bits per heavy atom. The number of amides is 7. The van der Waals surface area contributed by atoms with Crippen LogP contribution < -0.4 is 52.4 Å². The number of unbranched alkanes of at least 4 members (excludes halogenated alkanes) is 2. The van der Waals surface area contributed by atoms with Gasteiger partial charge in [0.1, 0.15) is 19.3 Å². The third kappa shape index (κ3) is 21.1. The molecule has 5 atom stereocenters. The van der Waals surface area contributed by atoms with Crippen molar-refractivity contribution in [3.05, 3.63) is 27.8 Å². The van der Waals surface area contributed by atoms with Gasteiger partial charge in [-0.2, -0.15) is 11.8 Å². The fraction of sp³-hybridized carbons (Fsp3) is 0.714. The maximum absolute atomic E-state index is 12.8. The molecule has 0 aliphatic carbocycles. The van der Waals surface area contributed by atoms with Gasteiger partial charge >= 0.3 is 6.03 Å². The molecule has 0 spiro atoms. The maximum atomic E-state index is 12.8. The number of nitro groups is 1. The van der Waals surface area contributed by atoms with Gasteiger partial charge in [-0.1, -0.05) is 13.3 Å². The topological polar surface area (TPSA) is 311 Å². The normalized spacial score (nSPS) is 17.1. The zero-order valence-electron chi connectivity index (χ0n) is 38.2. The number of carbonyl (C=O) groups excluding carboxylic acids is 6. The van der Waals surface area contributed by atoms with E-state index in [-0.39, 0.29) is 125 Å². The molecule has 9 N–H and O–H groups in total. The molecule has 0 saturated carbocycles. The minimum Gasteiger partial charge on any atom is -0.493 e. The summed E-state index contributed by atoms with van der Waals surface area (Å²) in [6.45, 7) is 4.92. The number of methoxy groups -OCH3 is 1. The number of fused-ring (bicyclic) bond motifs is 1. The lowest BCUT2D eigenvalue weighted by Crippen LogP contribution is -2.49. The largest absolute Gasteiger partial charge is 0.493 e. The number of rotatable bonds is 36. The first-order chi connectivity index (χ1) is 31.9. The van der Waals surface area contributed by atoms with Crippen molar-refractivity contribution in [1.29, 1.82) is 0 Å². The van der Waals surface area contributed by atoms with Crippen molar-refractivity contribution in [2.24, 2.45) is 5.73 Å². The van der Waals surface area contributed by atoms with Crippen molar-refractivity contribution >= 4 is 53.0 Å². The summed E-state index contributed by atoms with van der Waals surface area (Å²) in [5, 5.41) is 31.6. The third-order valence-electron chi connectivity index (χ3n) is 10.3. The molecule has 0 aromatic heterocycles. The third-order valence-corrected chi connectivity index (χ3v) is 11.8. The van der Waals surface area contributed by atoms with Gasteiger partial charge in [-0.05, 0) is 51.5 Å². The number of benzene rings is 1. The predicted molar refractivity (Wildman–Crippen MR) is 243 cm³/mol. The molecule has 2 aliphatic rings. The summed E-state index contributed by atoms with van der Waals surface area (Å²) in [6, 6.07) is 1.50. The van der Waals surface area contributed by atoms with Crippen LogP contribution in [0.5, 0.6) is 11.5 Å². The van der Waals surface area contributed by atoms with Gasteiger partial charge in [0.05, 0.1) is 94.6 Å². The summed E-state index contributed by atoms with van der Waals surface area (Å²) < 4.78 is 32.5. The van der Waals surface area contributed by atoms with E-state index >= 15 is 0 Å². The average molecular weight is 956 g/mol. The summed E-state index contributed by atoms with van der Waals surface area (Å²) in [4.78, 5) is 84.3. The number of nitrogens with one attached hydrogen (secondary N) is 7. The molecular formula is C42H69N9O14S. The number of ether oxygens (including phenoxy) is 6. The van der Waals surface area contributed by atoms with Crippen molar-refractivity contribution < 1.29 is 62.1 Å². The Balaban J connectivity index is 1.14. The van der Waals surface area contributed by atoms with E-state index in [1.54, 1.807) is 6.92 Å². The highest BCUT2D eigenvalue weighted by Crippen LogP contribution is 2.37. The van der Waals surface area contributed by atoms with Crippen LogP contribution in [-0.2, 0) is 42.9 Å². The van der Waals surface area contributed by atoms with Gasteiger partial charge in [0.15, 0.2) is 11.5 Å². The maximum Gasteiger partial charge on any atom is 0.315 e. The zero-order chi connectivity index (χ0) is 48.1. The molecule has 1 aromatic carbocycles. The van der Waals surface area contributed by atoms with Crippen LogP contribution in [0.1, 0.15) is 76.8 Å². The number of nitrogens with two attached hydrogens (primary N) is 1. The SMILES string of the molecule is CCCOc1cc([N+](=O)[O-])c(C(C)NC(=O)COCCOCCNC(=O)COCCOCCNC(=O)[C@H](CCCCNC(=O)CCCC[C@H]2SCC3NC(=O)NC32)NC(=O)CN)cc1OC. The lowest BCUT2D eigenvalue weighted by molar-refractivity contribution is -0.385. The summed E-state index contributed by atoms with van der Waals surface area (Å²) in [6.07, 6.45) is 5.31. The van der Waals surface area contributed by atoms with Gasteiger partial charge in [-0.25, -0.2) is 4.79 Å². The van der Waals surface area contributed by atoms with Crippen LogP contribution in [0.25, 0.3) is 0 Å². The van der Waals surface area contributed by atoms with Crippen LogP contribution in [0.15, 0.2) is 12.1 Å². The second-order valence-corrected chi connectivity index (χ2v) is 16.7. The summed E-state index contributed by atoms with van der Waals surface area (Å²) in [5.41, 5.74) is 5.48. The number of hydrogen-bond donors (Lipinski definition) is 8. The number of hydrogen-bond acceptors (Lipinski definition) is 16. The first kappa shape index (κ1) is 55.3. The van der Waals surface area contributed by atoms with Gasteiger partial charge in [0.25, 0.3) is 5.69 Å². The van der Waals surface area contributed by atoms with E-state index in [2.05, 4.69) is 37.2 Å². The minimum absolute atomic E-state index is 0.0306. The van der Waals surface area contributed by atoms with E-state index in [1.807, 2.05) is 18.7 Å². The highest BCUT2D eigenvalue weighted by atomic mass is 32.2. The van der Waals surface area contributed by atoms with E-state index in [9.17, 15) is 38.9 Å². The average Bonchev–Trinajstić information content (AvgIpc) is 3.86. The number of urea groups is 1. The second kappa shape index (κ2) is 31.8. The summed E-state index contributed by atoms with van der Waals surface area (Å²) in [5.74, 6) is -0.238. The summed E-state index contributed by atoms with van der Waals surface area (Å²) in [7, 11) is 1.43. The molecule has 2 aliphatic heterocycles. The van der Waals surface area contributed by atoms with Crippen molar-refractivity contribution in [1.82, 2.24) is 37.2 Å².